The van der Waals surface area contributed by atoms with E-state index in [9.17, 15) is 0 Å². The Kier molecular flexibility index (Phi) is 2.60. The average molecular weight is 217 g/mol. The second kappa shape index (κ2) is 4.10. The fourth-order valence-electron chi connectivity index (χ4n) is 3.37. The molecule has 1 saturated carbocycles. The number of rotatable bonds is 2. The van der Waals surface area contributed by atoms with E-state index in [4.69, 9.17) is 4.74 Å². The second-order valence-corrected chi connectivity index (χ2v) is 4.99. The van der Waals surface area contributed by atoms with Crippen molar-refractivity contribution >= 4 is 0 Å². The maximum absolute atomic E-state index is 5.20. The summed E-state index contributed by atoms with van der Waals surface area (Å²) in [5, 5.41) is 3.66. The van der Waals surface area contributed by atoms with E-state index in [1.165, 1.54) is 24.8 Å². The minimum Gasteiger partial charge on any atom is -0.497 e. The van der Waals surface area contributed by atoms with Gasteiger partial charge in [0.25, 0.3) is 0 Å². The third-order valence-corrected chi connectivity index (χ3v) is 4.23. The third kappa shape index (κ3) is 1.61. The summed E-state index contributed by atoms with van der Waals surface area (Å²) < 4.78 is 5.20. The summed E-state index contributed by atoms with van der Waals surface area (Å²) in [5.74, 6) is 2.55. The molecule has 1 aromatic carbocycles. The SMILES string of the molecule is COc1ccc([C@@H]2CN[C@H]3CCC[C@H]32)cc1. The van der Waals surface area contributed by atoms with Gasteiger partial charge in [-0.25, -0.2) is 0 Å². The number of nitrogens with one attached hydrogen (secondary N) is 1. The van der Waals surface area contributed by atoms with Crippen molar-refractivity contribution in [3.63, 3.8) is 0 Å². The van der Waals surface area contributed by atoms with Crippen LogP contribution in [0.4, 0.5) is 0 Å². The van der Waals surface area contributed by atoms with Crippen molar-refractivity contribution in [1.82, 2.24) is 5.32 Å². The maximum Gasteiger partial charge on any atom is 0.118 e. The lowest BCUT2D eigenvalue weighted by Gasteiger charge is -2.17. The predicted octanol–water partition coefficient (Wildman–Crippen LogP) is 2.55. The van der Waals surface area contributed by atoms with Crippen LogP contribution in [-0.4, -0.2) is 19.7 Å². The molecule has 3 rings (SSSR count). The highest BCUT2D eigenvalue weighted by Gasteiger charge is 2.39. The fraction of sp³-hybridized carbons (Fsp3) is 0.571. The van der Waals surface area contributed by atoms with E-state index in [-0.39, 0.29) is 0 Å². The summed E-state index contributed by atoms with van der Waals surface area (Å²) >= 11 is 0. The molecular weight excluding hydrogens is 198 g/mol. The molecule has 3 atom stereocenters. The molecule has 1 N–H and O–H groups in total. The molecule has 1 aliphatic heterocycles. The molecule has 1 heterocycles. The number of methoxy groups -OCH3 is 1. The van der Waals surface area contributed by atoms with Gasteiger partial charge in [-0.2, -0.15) is 0 Å². The summed E-state index contributed by atoms with van der Waals surface area (Å²) in [7, 11) is 1.72. The zero-order valence-electron chi connectivity index (χ0n) is 9.78. The van der Waals surface area contributed by atoms with Crippen molar-refractivity contribution in [2.45, 2.75) is 31.2 Å². The molecule has 0 amide bonds. The topological polar surface area (TPSA) is 21.3 Å². The smallest absolute Gasteiger partial charge is 0.118 e. The van der Waals surface area contributed by atoms with Gasteiger partial charge in [0.1, 0.15) is 5.75 Å². The average Bonchev–Trinajstić information content (AvgIpc) is 2.91. The van der Waals surface area contributed by atoms with Gasteiger partial charge >= 0.3 is 0 Å². The normalized spacial score (nSPS) is 32.7. The Labute approximate surface area is 97.0 Å². The number of benzene rings is 1. The van der Waals surface area contributed by atoms with Gasteiger partial charge in [0.05, 0.1) is 7.11 Å². The molecule has 1 aromatic rings. The highest BCUT2D eigenvalue weighted by Crippen LogP contribution is 2.41. The van der Waals surface area contributed by atoms with E-state index in [1.54, 1.807) is 7.11 Å². The fourth-order valence-corrected chi connectivity index (χ4v) is 3.37. The summed E-state index contributed by atoms with van der Waals surface area (Å²) in [5.41, 5.74) is 1.47. The molecule has 0 aromatic heterocycles. The van der Waals surface area contributed by atoms with Crippen molar-refractivity contribution in [1.29, 1.82) is 0 Å². The van der Waals surface area contributed by atoms with Gasteiger partial charge in [0.2, 0.25) is 0 Å². The van der Waals surface area contributed by atoms with Gasteiger partial charge in [0.15, 0.2) is 0 Å². The second-order valence-electron chi connectivity index (χ2n) is 4.99. The van der Waals surface area contributed by atoms with Gasteiger partial charge in [-0.05, 0) is 36.5 Å². The third-order valence-electron chi connectivity index (χ3n) is 4.23. The van der Waals surface area contributed by atoms with E-state index >= 15 is 0 Å². The van der Waals surface area contributed by atoms with Gasteiger partial charge in [0, 0.05) is 18.5 Å². The molecule has 0 spiro atoms. The quantitative estimate of drug-likeness (QED) is 0.822. The van der Waals surface area contributed by atoms with E-state index in [1.807, 2.05) is 0 Å². The molecule has 16 heavy (non-hydrogen) atoms. The lowest BCUT2D eigenvalue weighted by Crippen LogP contribution is -2.21. The molecule has 86 valence electrons. The zero-order chi connectivity index (χ0) is 11.0. The van der Waals surface area contributed by atoms with Crippen LogP contribution in [0, 0.1) is 5.92 Å². The molecular formula is C14H19NO. The first-order chi connectivity index (χ1) is 7.88. The molecule has 2 nitrogen and oxygen atoms in total. The van der Waals surface area contributed by atoms with E-state index in [2.05, 4.69) is 29.6 Å². The Morgan fingerprint density at radius 1 is 1.19 bits per heavy atom. The first-order valence-corrected chi connectivity index (χ1v) is 6.26. The van der Waals surface area contributed by atoms with Crippen molar-refractivity contribution in [2.75, 3.05) is 13.7 Å². The summed E-state index contributed by atoms with van der Waals surface area (Å²) in [6.45, 7) is 1.15. The molecule has 2 fully saturated rings. The molecule has 2 heteroatoms. The summed E-state index contributed by atoms with van der Waals surface area (Å²) in [6.07, 6.45) is 4.17. The van der Waals surface area contributed by atoms with Crippen LogP contribution in [0.1, 0.15) is 30.7 Å². The van der Waals surface area contributed by atoms with Gasteiger partial charge < -0.3 is 10.1 Å². The summed E-state index contributed by atoms with van der Waals surface area (Å²) in [6, 6.07) is 9.40. The lowest BCUT2D eigenvalue weighted by molar-refractivity contribution is 0.414. The van der Waals surface area contributed by atoms with Crippen molar-refractivity contribution in [3.05, 3.63) is 29.8 Å². The van der Waals surface area contributed by atoms with Crippen LogP contribution < -0.4 is 10.1 Å². The largest absolute Gasteiger partial charge is 0.497 e. The molecule has 1 aliphatic carbocycles. The van der Waals surface area contributed by atoms with Crippen LogP contribution in [-0.2, 0) is 0 Å². The predicted molar refractivity (Wildman–Crippen MR) is 64.9 cm³/mol. The minimum atomic E-state index is 0.721. The van der Waals surface area contributed by atoms with Gasteiger partial charge in [-0.1, -0.05) is 18.6 Å². The Morgan fingerprint density at radius 2 is 2.00 bits per heavy atom. The first-order valence-electron chi connectivity index (χ1n) is 6.26. The monoisotopic (exact) mass is 217 g/mol. The molecule has 1 saturated heterocycles. The standard InChI is InChI=1S/C14H19NO/c1-16-11-7-5-10(6-8-11)13-9-15-14-4-2-3-12(13)14/h5-8,12-15H,2-4,9H2,1H3/t12-,13-,14-/m0/s1. The van der Waals surface area contributed by atoms with E-state index < -0.39 is 0 Å². The van der Waals surface area contributed by atoms with Crippen molar-refractivity contribution in [3.8, 4) is 5.75 Å². The maximum atomic E-state index is 5.20. The summed E-state index contributed by atoms with van der Waals surface area (Å²) in [4.78, 5) is 0. The minimum absolute atomic E-state index is 0.721. The number of hydrogen-bond acceptors (Lipinski definition) is 2. The highest BCUT2D eigenvalue weighted by molar-refractivity contribution is 5.31. The number of ether oxygens (including phenoxy) is 1. The number of fused-ring (bicyclic) bond motifs is 1. The van der Waals surface area contributed by atoms with E-state index in [0.717, 1.165) is 30.2 Å². The van der Waals surface area contributed by atoms with Crippen LogP contribution in [0.5, 0.6) is 5.75 Å². The Balaban J connectivity index is 1.81. The van der Waals surface area contributed by atoms with Crippen LogP contribution in [0.2, 0.25) is 0 Å². The molecule has 0 radical (unpaired) electrons. The zero-order valence-corrected chi connectivity index (χ0v) is 9.78. The van der Waals surface area contributed by atoms with Crippen LogP contribution in [0.15, 0.2) is 24.3 Å². The Morgan fingerprint density at radius 3 is 2.75 bits per heavy atom. The molecule has 0 unspecified atom stereocenters. The Bertz CT molecular complexity index is 360. The molecule has 2 aliphatic rings. The van der Waals surface area contributed by atoms with Gasteiger partial charge in [-0.3, -0.25) is 0 Å². The molecule has 0 bridgehead atoms. The van der Waals surface area contributed by atoms with E-state index in [0.29, 0.717) is 0 Å². The first kappa shape index (κ1) is 10.2. The lowest BCUT2D eigenvalue weighted by atomic mass is 9.86. The Hall–Kier alpha value is -1.02. The number of hydrogen-bond donors (Lipinski definition) is 1. The van der Waals surface area contributed by atoms with Crippen LogP contribution in [0.3, 0.4) is 0 Å². The van der Waals surface area contributed by atoms with Gasteiger partial charge in [-0.15, -0.1) is 0 Å². The van der Waals surface area contributed by atoms with Crippen LogP contribution >= 0.6 is 0 Å². The highest BCUT2D eigenvalue weighted by atomic mass is 16.5. The van der Waals surface area contributed by atoms with Crippen molar-refractivity contribution < 1.29 is 4.74 Å². The van der Waals surface area contributed by atoms with Crippen molar-refractivity contribution in [2.24, 2.45) is 5.92 Å². The van der Waals surface area contributed by atoms with Crippen LogP contribution in [0.25, 0.3) is 0 Å².